The Bertz CT molecular complexity index is 457. The molecule has 4 nitrogen and oxygen atoms in total. The summed E-state index contributed by atoms with van der Waals surface area (Å²) in [5.74, 6) is -0.353. The van der Waals surface area contributed by atoms with Crippen LogP contribution in [0.4, 0.5) is 0 Å². The first-order chi connectivity index (χ1) is 8.82. The third kappa shape index (κ3) is 4.17. The van der Waals surface area contributed by atoms with E-state index in [1.54, 1.807) is 19.9 Å². The van der Waals surface area contributed by atoms with Crippen LogP contribution < -0.4 is 0 Å². The first-order valence-electron chi connectivity index (χ1n) is 6.25. The largest absolute Gasteiger partial charge is 0.428 e. The monoisotopic (exact) mass is 264 g/mol. The molecule has 4 heteroatoms. The van der Waals surface area contributed by atoms with Gasteiger partial charge in [0, 0.05) is 12.0 Å². The maximum absolute atomic E-state index is 11.5. The number of allylic oxidation sites excluding steroid dienone is 2. The summed E-state index contributed by atoms with van der Waals surface area (Å²) in [7, 11) is 0. The number of esters is 1. The van der Waals surface area contributed by atoms with Crippen molar-refractivity contribution in [3.05, 3.63) is 35.5 Å². The van der Waals surface area contributed by atoms with Gasteiger partial charge in [0.1, 0.15) is 5.78 Å². The van der Waals surface area contributed by atoms with Gasteiger partial charge in [-0.25, -0.2) is 4.79 Å². The molecular formula is C15H20O4. The minimum atomic E-state index is -1.15. The highest BCUT2D eigenvalue weighted by Crippen LogP contribution is 2.24. The fraction of sp³-hybridized carbons (Fsp3) is 0.467. The van der Waals surface area contributed by atoms with Gasteiger partial charge in [0.05, 0.1) is 5.57 Å². The molecule has 0 amide bonds. The van der Waals surface area contributed by atoms with E-state index in [2.05, 4.69) is 6.58 Å². The summed E-state index contributed by atoms with van der Waals surface area (Å²) < 4.78 is 4.69. The second-order valence-electron chi connectivity index (χ2n) is 4.91. The van der Waals surface area contributed by atoms with Gasteiger partial charge >= 0.3 is 5.97 Å². The van der Waals surface area contributed by atoms with Gasteiger partial charge in [-0.15, -0.1) is 0 Å². The first kappa shape index (κ1) is 15.4. The minimum absolute atomic E-state index is 0.0368. The van der Waals surface area contributed by atoms with Crippen molar-refractivity contribution >= 4 is 11.8 Å². The molecule has 1 N–H and O–H groups in total. The number of aliphatic hydroxyl groups excluding tert-OH is 1. The molecule has 1 aliphatic heterocycles. The van der Waals surface area contributed by atoms with Crippen molar-refractivity contribution in [2.24, 2.45) is 5.92 Å². The maximum Gasteiger partial charge on any atom is 0.340 e. The average molecular weight is 264 g/mol. The highest BCUT2D eigenvalue weighted by Gasteiger charge is 2.27. The zero-order valence-electron chi connectivity index (χ0n) is 11.6. The van der Waals surface area contributed by atoms with E-state index in [4.69, 9.17) is 4.74 Å². The van der Waals surface area contributed by atoms with Gasteiger partial charge in [-0.3, -0.25) is 0 Å². The number of Topliss-reactive ketones (excluding diaryl/α,β-unsaturated/α-hetero) is 1. The summed E-state index contributed by atoms with van der Waals surface area (Å²) in [6.45, 7) is 8.98. The van der Waals surface area contributed by atoms with Gasteiger partial charge in [-0.1, -0.05) is 24.3 Å². The lowest BCUT2D eigenvalue weighted by molar-refractivity contribution is -0.151. The van der Waals surface area contributed by atoms with Crippen molar-refractivity contribution in [2.45, 2.75) is 39.9 Å². The Kier molecular flexibility index (Phi) is 5.24. The molecule has 1 heterocycles. The van der Waals surface area contributed by atoms with Crippen molar-refractivity contribution in [1.29, 1.82) is 0 Å². The zero-order valence-corrected chi connectivity index (χ0v) is 11.6. The normalized spacial score (nSPS) is 20.8. The van der Waals surface area contributed by atoms with Crippen LogP contribution in [0, 0.1) is 5.92 Å². The minimum Gasteiger partial charge on any atom is -0.428 e. The molecule has 0 saturated heterocycles. The molecule has 2 atom stereocenters. The summed E-state index contributed by atoms with van der Waals surface area (Å²) in [6, 6.07) is 0. The lowest BCUT2D eigenvalue weighted by atomic mass is 9.94. The molecule has 19 heavy (non-hydrogen) atoms. The molecule has 0 spiro atoms. The summed E-state index contributed by atoms with van der Waals surface area (Å²) in [5.41, 5.74) is 1.82. The van der Waals surface area contributed by atoms with Crippen LogP contribution in [-0.2, 0) is 14.3 Å². The third-order valence-corrected chi connectivity index (χ3v) is 3.17. The van der Waals surface area contributed by atoms with E-state index in [1.807, 2.05) is 13.0 Å². The van der Waals surface area contributed by atoms with Gasteiger partial charge in [0.25, 0.3) is 0 Å². The Labute approximate surface area is 113 Å². The SMILES string of the molecule is C=C(C)[C@H](/C=C/C1=C(C)[C@@H](O)OC1=O)CCC(C)=O. The molecule has 1 rings (SSSR count). The standard InChI is InChI=1S/C15H20O4/c1-9(2)12(6-5-10(3)16)7-8-13-11(4)14(17)19-15(13)18/h7-8,12,14,17H,1,5-6H2,2-4H3/b8-7+/t12-,14-/m0/s1. The smallest absolute Gasteiger partial charge is 0.340 e. The van der Waals surface area contributed by atoms with Crippen LogP contribution in [0.2, 0.25) is 0 Å². The van der Waals surface area contributed by atoms with Crippen molar-refractivity contribution in [1.82, 2.24) is 0 Å². The topological polar surface area (TPSA) is 63.6 Å². The van der Waals surface area contributed by atoms with Crippen LogP contribution in [0.3, 0.4) is 0 Å². The van der Waals surface area contributed by atoms with Gasteiger partial charge in [-0.2, -0.15) is 0 Å². The van der Waals surface area contributed by atoms with Crippen LogP contribution in [0.5, 0.6) is 0 Å². The summed E-state index contributed by atoms with van der Waals surface area (Å²) in [5, 5.41) is 9.39. The Morgan fingerprint density at radius 1 is 1.53 bits per heavy atom. The summed E-state index contributed by atoms with van der Waals surface area (Å²) >= 11 is 0. The molecule has 0 fully saturated rings. The van der Waals surface area contributed by atoms with E-state index in [0.717, 1.165) is 5.57 Å². The molecule has 0 aromatic carbocycles. The number of carbonyl (C=O) groups is 2. The van der Waals surface area contributed by atoms with Crippen LogP contribution in [0.25, 0.3) is 0 Å². The molecule has 1 aliphatic rings. The van der Waals surface area contributed by atoms with Crippen molar-refractivity contribution in [2.75, 3.05) is 0 Å². The number of aliphatic hydroxyl groups is 1. The predicted molar refractivity (Wildman–Crippen MR) is 72.2 cm³/mol. The quantitative estimate of drug-likeness (QED) is 0.590. The Morgan fingerprint density at radius 2 is 2.16 bits per heavy atom. The van der Waals surface area contributed by atoms with Crippen LogP contribution in [-0.4, -0.2) is 23.1 Å². The van der Waals surface area contributed by atoms with E-state index >= 15 is 0 Å². The number of carbonyl (C=O) groups excluding carboxylic acids is 2. The Hall–Kier alpha value is -1.68. The Morgan fingerprint density at radius 3 is 2.58 bits per heavy atom. The lowest BCUT2D eigenvalue weighted by Crippen LogP contribution is -2.08. The van der Waals surface area contributed by atoms with Crippen molar-refractivity contribution in [3.63, 3.8) is 0 Å². The zero-order chi connectivity index (χ0) is 14.6. The molecule has 0 unspecified atom stereocenters. The number of ketones is 1. The fourth-order valence-corrected chi connectivity index (χ4v) is 1.82. The highest BCUT2D eigenvalue weighted by molar-refractivity contribution is 5.94. The van der Waals surface area contributed by atoms with Gasteiger partial charge in [0.2, 0.25) is 6.29 Å². The van der Waals surface area contributed by atoms with Crippen molar-refractivity contribution in [3.8, 4) is 0 Å². The number of rotatable bonds is 6. The molecule has 0 radical (unpaired) electrons. The number of cyclic esters (lactones) is 1. The molecule has 0 aromatic rings. The van der Waals surface area contributed by atoms with E-state index < -0.39 is 12.3 Å². The van der Waals surface area contributed by atoms with E-state index in [0.29, 0.717) is 24.0 Å². The molecule has 0 bridgehead atoms. The Balaban J connectivity index is 2.79. The molecule has 0 saturated carbocycles. The number of hydrogen-bond donors (Lipinski definition) is 1. The summed E-state index contributed by atoms with van der Waals surface area (Å²) in [4.78, 5) is 22.5. The number of ether oxygens (including phenoxy) is 1. The molecule has 0 aromatic heterocycles. The molecular weight excluding hydrogens is 244 g/mol. The van der Waals surface area contributed by atoms with Gasteiger partial charge < -0.3 is 14.6 Å². The third-order valence-electron chi connectivity index (χ3n) is 3.17. The molecule has 0 aliphatic carbocycles. The second-order valence-corrected chi connectivity index (χ2v) is 4.91. The second kappa shape index (κ2) is 6.48. The van der Waals surface area contributed by atoms with Crippen LogP contribution in [0.1, 0.15) is 33.6 Å². The van der Waals surface area contributed by atoms with Crippen LogP contribution >= 0.6 is 0 Å². The maximum atomic E-state index is 11.5. The fourth-order valence-electron chi connectivity index (χ4n) is 1.82. The van der Waals surface area contributed by atoms with Gasteiger partial charge in [-0.05, 0) is 33.1 Å². The van der Waals surface area contributed by atoms with Crippen molar-refractivity contribution < 1.29 is 19.4 Å². The highest BCUT2D eigenvalue weighted by atomic mass is 16.6. The average Bonchev–Trinajstić information content (AvgIpc) is 2.54. The summed E-state index contributed by atoms with van der Waals surface area (Å²) in [6.07, 6.45) is 3.49. The van der Waals surface area contributed by atoms with E-state index in [1.165, 1.54) is 0 Å². The predicted octanol–water partition coefficient (Wildman–Crippen LogP) is 2.30. The molecule has 104 valence electrons. The van der Waals surface area contributed by atoms with E-state index in [-0.39, 0.29) is 11.7 Å². The van der Waals surface area contributed by atoms with Gasteiger partial charge in [0.15, 0.2) is 0 Å². The van der Waals surface area contributed by atoms with Crippen LogP contribution in [0.15, 0.2) is 35.5 Å². The first-order valence-corrected chi connectivity index (χ1v) is 6.25. The number of hydrogen-bond acceptors (Lipinski definition) is 4. The lowest BCUT2D eigenvalue weighted by Gasteiger charge is -2.11. The van der Waals surface area contributed by atoms with E-state index in [9.17, 15) is 14.7 Å².